The van der Waals surface area contributed by atoms with Gasteiger partial charge in [-0.2, -0.15) is 0 Å². The fourth-order valence-corrected chi connectivity index (χ4v) is 2.52. The highest BCUT2D eigenvalue weighted by molar-refractivity contribution is 5.68. The van der Waals surface area contributed by atoms with Gasteiger partial charge in [-0.15, -0.1) is 0 Å². The average molecular weight is 306 g/mol. The van der Waals surface area contributed by atoms with E-state index in [1.54, 1.807) is 18.1 Å². The van der Waals surface area contributed by atoms with Crippen LogP contribution in [0.4, 0.5) is 10.7 Å². The summed E-state index contributed by atoms with van der Waals surface area (Å²) < 4.78 is 5.45. The van der Waals surface area contributed by atoms with Gasteiger partial charge in [-0.3, -0.25) is 0 Å². The summed E-state index contributed by atoms with van der Waals surface area (Å²) in [4.78, 5) is 24.9. The summed E-state index contributed by atoms with van der Waals surface area (Å²) in [6.45, 7) is 9.26. The minimum atomic E-state index is -0.473. The summed E-state index contributed by atoms with van der Waals surface area (Å²) in [5.74, 6) is 0.738. The Kier molecular flexibility index (Phi) is 4.88. The van der Waals surface area contributed by atoms with Crippen molar-refractivity contribution in [1.82, 2.24) is 14.9 Å². The highest BCUT2D eigenvalue weighted by Gasteiger charge is 2.29. The minimum absolute atomic E-state index is 0.118. The molecule has 1 aromatic rings. The number of ether oxygens (including phenoxy) is 1. The molecule has 1 aromatic heterocycles. The van der Waals surface area contributed by atoms with Crippen LogP contribution in [0.1, 0.15) is 39.3 Å². The molecule has 0 bridgehead atoms. The van der Waals surface area contributed by atoms with Gasteiger partial charge in [0.25, 0.3) is 0 Å². The van der Waals surface area contributed by atoms with Crippen molar-refractivity contribution in [2.45, 2.75) is 52.2 Å². The number of hydrogen-bond donors (Lipinski definition) is 0. The average Bonchev–Trinajstić information content (AvgIpc) is 2.45. The monoisotopic (exact) mass is 306 g/mol. The topological polar surface area (TPSA) is 58.6 Å². The number of nitrogens with zero attached hydrogens (tertiary/aromatic N) is 4. The summed E-state index contributed by atoms with van der Waals surface area (Å²) >= 11 is 0. The molecule has 0 aromatic carbocycles. The largest absolute Gasteiger partial charge is 0.444 e. The lowest BCUT2D eigenvalue weighted by Gasteiger charge is -2.38. The maximum atomic E-state index is 12.2. The highest BCUT2D eigenvalue weighted by Crippen LogP contribution is 2.20. The molecule has 2 rings (SSSR count). The van der Waals surface area contributed by atoms with Crippen molar-refractivity contribution in [2.24, 2.45) is 0 Å². The Balaban J connectivity index is 2.02. The number of piperidine rings is 1. The van der Waals surface area contributed by atoms with Gasteiger partial charge in [0.05, 0.1) is 6.04 Å². The van der Waals surface area contributed by atoms with E-state index < -0.39 is 5.60 Å². The van der Waals surface area contributed by atoms with E-state index in [0.717, 1.165) is 37.6 Å². The Morgan fingerprint density at radius 3 is 2.82 bits per heavy atom. The summed E-state index contributed by atoms with van der Waals surface area (Å²) in [6.07, 6.45) is 3.48. The van der Waals surface area contributed by atoms with Gasteiger partial charge >= 0.3 is 6.09 Å². The van der Waals surface area contributed by atoms with Crippen LogP contribution in [0, 0.1) is 6.92 Å². The third-order valence-corrected chi connectivity index (χ3v) is 3.69. The Morgan fingerprint density at radius 1 is 1.45 bits per heavy atom. The number of aromatic nitrogens is 2. The SMILES string of the molecule is Cc1ccnc(N2CCC[C@H](N(C)C(=O)OC(C)(C)C)C2)n1. The zero-order chi connectivity index (χ0) is 16.3. The van der Waals surface area contributed by atoms with Crippen molar-refractivity contribution in [2.75, 3.05) is 25.0 Å². The predicted octanol–water partition coefficient (Wildman–Crippen LogP) is 2.62. The van der Waals surface area contributed by atoms with E-state index in [0.29, 0.717) is 0 Å². The van der Waals surface area contributed by atoms with Gasteiger partial charge in [-0.05, 0) is 46.6 Å². The standard InChI is InChI=1S/C16H26N4O2/c1-12-8-9-17-14(18-12)20-10-6-7-13(11-20)19(5)15(21)22-16(2,3)4/h8-9,13H,6-7,10-11H2,1-5H3/t13-/m0/s1. The smallest absolute Gasteiger partial charge is 0.410 e. The second-order valence-electron chi connectivity index (χ2n) is 6.83. The lowest BCUT2D eigenvalue weighted by molar-refractivity contribution is 0.0209. The first-order valence-corrected chi connectivity index (χ1v) is 7.76. The predicted molar refractivity (Wildman–Crippen MR) is 86.0 cm³/mol. The van der Waals surface area contributed by atoms with Gasteiger partial charge in [-0.1, -0.05) is 0 Å². The third-order valence-electron chi connectivity index (χ3n) is 3.69. The van der Waals surface area contributed by atoms with Crippen molar-refractivity contribution >= 4 is 12.0 Å². The maximum Gasteiger partial charge on any atom is 0.410 e. The van der Waals surface area contributed by atoms with E-state index in [-0.39, 0.29) is 12.1 Å². The van der Waals surface area contributed by atoms with Crippen LogP contribution in [0.15, 0.2) is 12.3 Å². The molecular weight excluding hydrogens is 280 g/mol. The molecule has 22 heavy (non-hydrogen) atoms. The molecule has 1 aliphatic rings. The summed E-state index contributed by atoms with van der Waals surface area (Å²) in [5, 5.41) is 0. The Hall–Kier alpha value is -1.85. The minimum Gasteiger partial charge on any atom is -0.444 e. The molecule has 0 aliphatic carbocycles. The van der Waals surface area contributed by atoms with Gasteiger partial charge < -0.3 is 14.5 Å². The van der Waals surface area contributed by atoms with Crippen molar-refractivity contribution < 1.29 is 9.53 Å². The van der Waals surface area contributed by atoms with E-state index >= 15 is 0 Å². The first-order chi connectivity index (χ1) is 10.3. The van der Waals surface area contributed by atoms with Crippen LogP contribution in [-0.2, 0) is 4.74 Å². The number of carbonyl (C=O) groups is 1. The molecule has 1 saturated heterocycles. The van der Waals surface area contributed by atoms with Crippen molar-refractivity contribution in [3.63, 3.8) is 0 Å². The molecule has 0 radical (unpaired) electrons. The Bertz CT molecular complexity index is 527. The van der Waals surface area contributed by atoms with Crippen LogP contribution >= 0.6 is 0 Å². The number of rotatable bonds is 2. The molecule has 122 valence electrons. The quantitative estimate of drug-likeness (QED) is 0.840. The van der Waals surface area contributed by atoms with Gasteiger partial charge in [-0.25, -0.2) is 14.8 Å². The molecule has 1 atom stereocenters. The molecule has 0 spiro atoms. The normalized spacial score (nSPS) is 19.0. The number of anilines is 1. The van der Waals surface area contributed by atoms with E-state index in [4.69, 9.17) is 4.74 Å². The van der Waals surface area contributed by atoms with Crippen LogP contribution in [0.5, 0.6) is 0 Å². The Morgan fingerprint density at radius 2 is 2.18 bits per heavy atom. The molecule has 1 aliphatic heterocycles. The molecule has 0 N–H and O–H groups in total. The van der Waals surface area contributed by atoms with E-state index in [2.05, 4.69) is 14.9 Å². The fraction of sp³-hybridized carbons (Fsp3) is 0.688. The van der Waals surface area contributed by atoms with Crippen LogP contribution in [0.2, 0.25) is 0 Å². The zero-order valence-electron chi connectivity index (χ0n) is 14.2. The zero-order valence-corrected chi connectivity index (χ0v) is 14.2. The molecule has 6 nitrogen and oxygen atoms in total. The number of likely N-dealkylation sites (N-methyl/N-ethyl adjacent to an activating group) is 1. The molecule has 2 heterocycles. The summed E-state index contributed by atoms with van der Waals surface area (Å²) in [6, 6.07) is 2.00. The lowest BCUT2D eigenvalue weighted by atomic mass is 10.1. The molecule has 6 heteroatoms. The van der Waals surface area contributed by atoms with Crippen LogP contribution in [-0.4, -0.2) is 52.7 Å². The molecule has 1 fully saturated rings. The second-order valence-corrected chi connectivity index (χ2v) is 6.83. The maximum absolute atomic E-state index is 12.2. The molecule has 0 saturated carbocycles. The van der Waals surface area contributed by atoms with Crippen molar-refractivity contribution in [3.8, 4) is 0 Å². The summed E-state index contributed by atoms with van der Waals surface area (Å²) in [7, 11) is 1.80. The third kappa shape index (κ3) is 4.32. The van der Waals surface area contributed by atoms with E-state index in [1.165, 1.54) is 0 Å². The molecule has 1 amide bonds. The van der Waals surface area contributed by atoms with E-state index in [9.17, 15) is 4.79 Å². The number of amides is 1. The van der Waals surface area contributed by atoms with E-state index in [1.807, 2.05) is 33.8 Å². The van der Waals surface area contributed by atoms with Gasteiger partial charge in [0.15, 0.2) is 0 Å². The van der Waals surface area contributed by atoms with Crippen LogP contribution in [0.25, 0.3) is 0 Å². The van der Waals surface area contributed by atoms with Crippen molar-refractivity contribution in [3.05, 3.63) is 18.0 Å². The summed E-state index contributed by atoms with van der Waals surface area (Å²) in [5.41, 5.74) is 0.479. The highest BCUT2D eigenvalue weighted by atomic mass is 16.6. The molecule has 0 unspecified atom stereocenters. The molecular formula is C16H26N4O2. The number of hydrogen-bond acceptors (Lipinski definition) is 5. The first-order valence-electron chi connectivity index (χ1n) is 7.76. The lowest BCUT2D eigenvalue weighted by Crippen LogP contribution is -2.50. The van der Waals surface area contributed by atoms with Gasteiger partial charge in [0.1, 0.15) is 5.60 Å². The van der Waals surface area contributed by atoms with Gasteiger partial charge in [0, 0.05) is 32.0 Å². The Labute approximate surface area is 132 Å². The number of aryl methyl sites for hydroxylation is 1. The second kappa shape index (κ2) is 6.50. The van der Waals surface area contributed by atoms with Gasteiger partial charge in [0.2, 0.25) is 5.95 Å². The number of carbonyl (C=O) groups excluding carboxylic acids is 1. The van der Waals surface area contributed by atoms with Crippen molar-refractivity contribution in [1.29, 1.82) is 0 Å². The van der Waals surface area contributed by atoms with Crippen LogP contribution in [0.3, 0.4) is 0 Å². The van der Waals surface area contributed by atoms with Crippen LogP contribution < -0.4 is 4.90 Å². The fourth-order valence-electron chi connectivity index (χ4n) is 2.52. The first kappa shape index (κ1) is 16.5.